The second-order valence-electron chi connectivity index (χ2n) is 5.80. The van der Waals surface area contributed by atoms with Crippen molar-refractivity contribution in [1.82, 2.24) is 4.90 Å². The van der Waals surface area contributed by atoms with Crippen LogP contribution in [0.3, 0.4) is 0 Å². The van der Waals surface area contributed by atoms with Crippen LogP contribution in [0.4, 0.5) is 0 Å². The summed E-state index contributed by atoms with van der Waals surface area (Å²) < 4.78 is 0. The van der Waals surface area contributed by atoms with Gasteiger partial charge in [0.05, 0.1) is 6.07 Å². The molecule has 0 unspecified atom stereocenters. The van der Waals surface area contributed by atoms with E-state index < -0.39 is 0 Å². The van der Waals surface area contributed by atoms with Crippen LogP contribution in [0.5, 0.6) is 0 Å². The Kier molecular flexibility index (Phi) is 3.02. The fourth-order valence-electron chi connectivity index (χ4n) is 3.12. The minimum absolute atomic E-state index is 0.649. The van der Waals surface area contributed by atoms with Crippen LogP contribution in [0, 0.1) is 22.7 Å². The highest BCUT2D eigenvalue weighted by Crippen LogP contribution is 2.46. The van der Waals surface area contributed by atoms with Crippen molar-refractivity contribution in [3.63, 3.8) is 0 Å². The third-order valence-electron chi connectivity index (χ3n) is 4.35. The molecule has 84 valence electrons. The lowest BCUT2D eigenvalue weighted by molar-refractivity contribution is -0.0548. The first kappa shape index (κ1) is 11.0. The molecule has 0 aromatic rings. The molecule has 1 heterocycles. The average Bonchev–Trinajstić information content (AvgIpc) is 2.16. The van der Waals surface area contributed by atoms with E-state index in [1.807, 2.05) is 0 Å². The summed E-state index contributed by atoms with van der Waals surface area (Å²) >= 11 is 0. The largest absolute Gasteiger partial charge is 0.300 e. The van der Waals surface area contributed by atoms with Gasteiger partial charge >= 0.3 is 0 Å². The maximum Gasteiger partial charge on any atom is 0.0624 e. The van der Waals surface area contributed by atoms with Crippen molar-refractivity contribution in [2.75, 3.05) is 13.1 Å². The van der Waals surface area contributed by atoms with Gasteiger partial charge in [0.1, 0.15) is 0 Å². The molecule has 2 heteroatoms. The molecule has 0 N–H and O–H groups in total. The predicted molar refractivity (Wildman–Crippen MR) is 61.3 cm³/mol. The lowest BCUT2D eigenvalue weighted by atomic mass is 9.65. The summed E-state index contributed by atoms with van der Waals surface area (Å²) in [6.07, 6.45) is 6.09. The van der Waals surface area contributed by atoms with Gasteiger partial charge in [-0.05, 0) is 50.9 Å². The summed E-state index contributed by atoms with van der Waals surface area (Å²) in [6.45, 7) is 7.19. The molecule has 1 spiro atoms. The third-order valence-corrected chi connectivity index (χ3v) is 4.35. The first-order valence-electron chi connectivity index (χ1n) is 6.26. The fourth-order valence-corrected chi connectivity index (χ4v) is 3.12. The molecule has 1 aliphatic heterocycles. The van der Waals surface area contributed by atoms with E-state index in [0.717, 1.165) is 6.42 Å². The van der Waals surface area contributed by atoms with E-state index in [4.69, 9.17) is 5.26 Å². The molecular weight excluding hydrogens is 184 g/mol. The van der Waals surface area contributed by atoms with Crippen LogP contribution in [0.2, 0.25) is 0 Å². The van der Waals surface area contributed by atoms with Gasteiger partial charge in [-0.25, -0.2) is 0 Å². The SMILES string of the molecule is CC(C)N1CC2(CCC(CC#N)CC2)C1. The van der Waals surface area contributed by atoms with E-state index in [2.05, 4.69) is 24.8 Å². The number of hydrogen-bond acceptors (Lipinski definition) is 2. The molecule has 0 bridgehead atoms. The van der Waals surface area contributed by atoms with Crippen LogP contribution >= 0.6 is 0 Å². The smallest absolute Gasteiger partial charge is 0.0624 e. The molecule has 1 aliphatic carbocycles. The minimum atomic E-state index is 0.649. The summed E-state index contributed by atoms with van der Waals surface area (Å²) in [5.41, 5.74) is 0.649. The van der Waals surface area contributed by atoms with Crippen molar-refractivity contribution in [2.24, 2.45) is 11.3 Å². The minimum Gasteiger partial charge on any atom is -0.300 e. The van der Waals surface area contributed by atoms with Gasteiger partial charge in [-0.15, -0.1) is 0 Å². The monoisotopic (exact) mass is 206 g/mol. The van der Waals surface area contributed by atoms with Crippen LogP contribution in [0.25, 0.3) is 0 Å². The molecule has 2 rings (SSSR count). The number of rotatable bonds is 2. The van der Waals surface area contributed by atoms with Crippen LogP contribution < -0.4 is 0 Å². The quantitative estimate of drug-likeness (QED) is 0.694. The molecule has 0 aromatic heterocycles. The summed E-state index contributed by atoms with van der Waals surface area (Å²) in [5.74, 6) is 0.703. The second kappa shape index (κ2) is 4.14. The standard InChI is InChI=1S/C13H22N2/c1-11(2)15-9-13(10-15)6-3-12(4-7-13)5-8-14/h11-12H,3-7,9-10H2,1-2H3. The van der Waals surface area contributed by atoms with Crippen molar-refractivity contribution in [3.8, 4) is 6.07 Å². The molecule has 2 fully saturated rings. The zero-order valence-electron chi connectivity index (χ0n) is 10.00. The maximum atomic E-state index is 8.68. The Morgan fingerprint density at radius 3 is 2.40 bits per heavy atom. The molecule has 2 aliphatic rings. The Morgan fingerprint density at radius 2 is 1.93 bits per heavy atom. The number of nitrogens with zero attached hydrogens (tertiary/aromatic N) is 2. The van der Waals surface area contributed by atoms with Crippen molar-refractivity contribution >= 4 is 0 Å². The Bertz CT molecular complexity index is 248. The summed E-state index contributed by atoms with van der Waals surface area (Å²) in [4.78, 5) is 2.57. The molecular formula is C13H22N2. The Hall–Kier alpha value is -0.550. The Labute approximate surface area is 93.3 Å². The zero-order valence-corrected chi connectivity index (χ0v) is 10.00. The molecule has 2 nitrogen and oxygen atoms in total. The van der Waals surface area contributed by atoms with Crippen LogP contribution in [0.15, 0.2) is 0 Å². The molecule has 0 amide bonds. The Balaban J connectivity index is 1.78. The molecule has 15 heavy (non-hydrogen) atoms. The fraction of sp³-hybridized carbons (Fsp3) is 0.923. The van der Waals surface area contributed by atoms with E-state index in [9.17, 15) is 0 Å². The summed E-state index contributed by atoms with van der Waals surface area (Å²) in [5, 5.41) is 8.68. The van der Waals surface area contributed by atoms with Gasteiger partial charge in [-0.2, -0.15) is 5.26 Å². The molecule has 1 saturated carbocycles. The topological polar surface area (TPSA) is 27.0 Å². The van der Waals surface area contributed by atoms with Crippen molar-refractivity contribution in [3.05, 3.63) is 0 Å². The lowest BCUT2D eigenvalue weighted by Gasteiger charge is -2.55. The Morgan fingerprint density at radius 1 is 1.33 bits per heavy atom. The molecule has 0 aromatic carbocycles. The van der Waals surface area contributed by atoms with Gasteiger partial charge in [0.2, 0.25) is 0 Å². The van der Waals surface area contributed by atoms with Gasteiger partial charge in [0, 0.05) is 25.6 Å². The van der Waals surface area contributed by atoms with E-state index >= 15 is 0 Å². The number of likely N-dealkylation sites (tertiary alicyclic amines) is 1. The second-order valence-corrected chi connectivity index (χ2v) is 5.80. The zero-order chi connectivity index (χ0) is 10.9. The third kappa shape index (κ3) is 2.18. The van der Waals surface area contributed by atoms with Gasteiger partial charge in [-0.3, -0.25) is 4.90 Å². The first-order chi connectivity index (χ1) is 7.15. The summed E-state index contributed by atoms with van der Waals surface area (Å²) in [6, 6.07) is 3.03. The van der Waals surface area contributed by atoms with Gasteiger partial charge in [0.15, 0.2) is 0 Å². The van der Waals surface area contributed by atoms with E-state index in [1.165, 1.54) is 38.8 Å². The van der Waals surface area contributed by atoms with E-state index in [-0.39, 0.29) is 0 Å². The van der Waals surface area contributed by atoms with Crippen LogP contribution in [-0.4, -0.2) is 24.0 Å². The average molecular weight is 206 g/mol. The molecule has 0 atom stereocenters. The highest BCUT2D eigenvalue weighted by atomic mass is 15.2. The molecule has 1 saturated heterocycles. The van der Waals surface area contributed by atoms with Crippen LogP contribution in [-0.2, 0) is 0 Å². The highest BCUT2D eigenvalue weighted by molar-refractivity contribution is 4.99. The first-order valence-corrected chi connectivity index (χ1v) is 6.26. The molecule has 0 radical (unpaired) electrons. The van der Waals surface area contributed by atoms with Gasteiger partial charge in [-0.1, -0.05) is 0 Å². The normalized spacial score (nSPS) is 26.5. The maximum absolute atomic E-state index is 8.68. The van der Waals surface area contributed by atoms with E-state index in [1.54, 1.807) is 0 Å². The summed E-state index contributed by atoms with van der Waals surface area (Å²) in [7, 11) is 0. The lowest BCUT2D eigenvalue weighted by Crippen LogP contribution is -2.59. The van der Waals surface area contributed by atoms with Crippen molar-refractivity contribution < 1.29 is 0 Å². The number of nitriles is 1. The predicted octanol–water partition coefficient (Wildman–Crippen LogP) is 2.80. The highest BCUT2D eigenvalue weighted by Gasteiger charge is 2.45. The van der Waals surface area contributed by atoms with Gasteiger partial charge < -0.3 is 0 Å². The van der Waals surface area contributed by atoms with Crippen molar-refractivity contribution in [1.29, 1.82) is 5.26 Å². The van der Waals surface area contributed by atoms with Crippen LogP contribution in [0.1, 0.15) is 46.0 Å². The van der Waals surface area contributed by atoms with E-state index in [0.29, 0.717) is 17.4 Å². The van der Waals surface area contributed by atoms with Gasteiger partial charge in [0.25, 0.3) is 0 Å². The van der Waals surface area contributed by atoms with Crippen molar-refractivity contribution in [2.45, 2.75) is 52.0 Å². The number of hydrogen-bond donors (Lipinski definition) is 0.